The molecule has 10 atom stereocenters. The largest absolute Gasteiger partial charge is 0.402 e. The van der Waals surface area contributed by atoms with Crippen molar-refractivity contribution in [3.63, 3.8) is 0 Å². The van der Waals surface area contributed by atoms with E-state index in [1.54, 1.807) is 0 Å². The van der Waals surface area contributed by atoms with E-state index in [4.69, 9.17) is 18.4 Å². The SMILES string of the molecule is CCCCCCCCO[C@H]1O[C@H](CO)[C@@H](OS(=O)(=O)O[C@@H]2O[C@H](CO)[C@H](O)[C@H](O)[C@H]2O)[C@H](O)[C@H]1O. The van der Waals surface area contributed by atoms with Crippen molar-refractivity contribution >= 4 is 10.4 Å². The zero-order chi connectivity index (χ0) is 26.2. The van der Waals surface area contributed by atoms with E-state index in [9.17, 15) is 44.2 Å². The molecule has 0 unspecified atom stereocenters. The molecule has 0 saturated carbocycles. The molecule has 0 spiro atoms. The molecule has 2 aliphatic rings. The fourth-order valence-corrected chi connectivity index (χ4v) is 4.76. The predicted molar refractivity (Wildman–Crippen MR) is 116 cm³/mol. The van der Waals surface area contributed by atoms with Gasteiger partial charge in [-0.3, -0.25) is 0 Å². The van der Waals surface area contributed by atoms with Gasteiger partial charge in [0.05, 0.1) is 13.2 Å². The highest BCUT2D eigenvalue weighted by Gasteiger charge is 2.50. The molecule has 0 amide bonds. The topological polar surface area (TPSA) is 222 Å². The predicted octanol–water partition coefficient (Wildman–Crippen LogP) is -2.75. The van der Waals surface area contributed by atoms with Crippen molar-refractivity contribution in [2.75, 3.05) is 19.8 Å². The molecule has 0 bridgehead atoms. The van der Waals surface area contributed by atoms with Gasteiger partial charge in [0.1, 0.15) is 48.8 Å². The normalized spacial score (nSPS) is 38.5. The maximum Gasteiger partial charge on any atom is 0.402 e. The Morgan fingerprint density at radius 1 is 0.686 bits per heavy atom. The highest BCUT2D eigenvalue weighted by atomic mass is 32.3. The molecule has 35 heavy (non-hydrogen) atoms. The van der Waals surface area contributed by atoms with Crippen LogP contribution in [0, 0.1) is 0 Å². The van der Waals surface area contributed by atoms with Crippen LogP contribution in [-0.2, 0) is 33.0 Å². The summed E-state index contributed by atoms with van der Waals surface area (Å²) in [5.74, 6) is 0. The molecular formula is C20H38O14S. The van der Waals surface area contributed by atoms with E-state index < -0.39 is 85.0 Å². The number of unbranched alkanes of at least 4 members (excludes halogenated alkanes) is 5. The summed E-state index contributed by atoms with van der Waals surface area (Å²) in [5, 5.41) is 69.1. The lowest BCUT2D eigenvalue weighted by atomic mass is 9.99. The first-order valence-electron chi connectivity index (χ1n) is 11.7. The minimum Gasteiger partial charge on any atom is -0.394 e. The smallest absolute Gasteiger partial charge is 0.394 e. The summed E-state index contributed by atoms with van der Waals surface area (Å²) < 4.78 is 50.0. The van der Waals surface area contributed by atoms with E-state index >= 15 is 0 Å². The summed E-state index contributed by atoms with van der Waals surface area (Å²) in [5.41, 5.74) is 0. The maximum absolute atomic E-state index is 12.4. The van der Waals surface area contributed by atoms with Gasteiger partial charge in [0.2, 0.25) is 6.29 Å². The van der Waals surface area contributed by atoms with Crippen LogP contribution in [0.1, 0.15) is 45.4 Å². The van der Waals surface area contributed by atoms with Gasteiger partial charge in [0.15, 0.2) is 6.29 Å². The Morgan fingerprint density at radius 2 is 1.26 bits per heavy atom. The molecule has 2 saturated heterocycles. The first-order chi connectivity index (χ1) is 16.6. The summed E-state index contributed by atoms with van der Waals surface area (Å²) in [7, 11) is -5.10. The molecule has 0 aromatic rings. The second-order valence-corrected chi connectivity index (χ2v) is 9.81. The third kappa shape index (κ3) is 8.49. The van der Waals surface area contributed by atoms with Crippen LogP contribution in [0.2, 0.25) is 0 Å². The number of ether oxygens (including phenoxy) is 3. The lowest BCUT2D eigenvalue weighted by Gasteiger charge is -2.41. The van der Waals surface area contributed by atoms with E-state index in [1.807, 2.05) is 0 Å². The number of hydrogen-bond donors (Lipinski definition) is 7. The highest BCUT2D eigenvalue weighted by molar-refractivity contribution is 7.81. The number of aliphatic hydroxyl groups excluding tert-OH is 7. The van der Waals surface area contributed by atoms with Gasteiger partial charge in [-0.15, -0.1) is 0 Å². The lowest BCUT2D eigenvalue weighted by molar-refractivity contribution is -0.300. The monoisotopic (exact) mass is 534 g/mol. The van der Waals surface area contributed by atoms with E-state index in [2.05, 4.69) is 11.1 Å². The van der Waals surface area contributed by atoms with E-state index in [0.717, 1.165) is 32.1 Å². The Kier molecular flexibility index (Phi) is 12.6. The fourth-order valence-electron chi connectivity index (χ4n) is 3.81. The van der Waals surface area contributed by atoms with Crippen LogP contribution in [-0.4, -0.2) is 125 Å². The molecule has 0 aliphatic carbocycles. The summed E-state index contributed by atoms with van der Waals surface area (Å²) in [6.45, 7) is 0.695. The number of rotatable bonds is 14. The summed E-state index contributed by atoms with van der Waals surface area (Å²) in [6, 6.07) is 0. The average Bonchev–Trinajstić information content (AvgIpc) is 2.82. The Balaban J connectivity index is 1.94. The third-order valence-electron chi connectivity index (χ3n) is 5.89. The second-order valence-electron chi connectivity index (χ2n) is 8.61. The van der Waals surface area contributed by atoms with Crippen LogP contribution in [0.15, 0.2) is 0 Å². The quantitative estimate of drug-likeness (QED) is 0.112. The van der Waals surface area contributed by atoms with Gasteiger partial charge in [-0.2, -0.15) is 8.42 Å². The van der Waals surface area contributed by atoms with Crippen molar-refractivity contribution in [3.05, 3.63) is 0 Å². The zero-order valence-corrected chi connectivity index (χ0v) is 20.4. The summed E-state index contributed by atoms with van der Waals surface area (Å²) >= 11 is 0. The van der Waals surface area contributed by atoms with Crippen LogP contribution >= 0.6 is 0 Å². The van der Waals surface area contributed by atoms with Crippen LogP contribution in [0.25, 0.3) is 0 Å². The van der Waals surface area contributed by atoms with Gasteiger partial charge in [0, 0.05) is 6.61 Å². The summed E-state index contributed by atoms with van der Waals surface area (Å²) in [6.07, 6.45) is -11.4. The van der Waals surface area contributed by atoms with Crippen LogP contribution in [0.4, 0.5) is 0 Å². The van der Waals surface area contributed by atoms with Crippen molar-refractivity contribution in [1.82, 2.24) is 0 Å². The van der Waals surface area contributed by atoms with Crippen molar-refractivity contribution in [1.29, 1.82) is 0 Å². The molecule has 208 valence electrons. The van der Waals surface area contributed by atoms with Crippen LogP contribution in [0.3, 0.4) is 0 Å². The van der Waals surface area contributed by atoms with Gasteiger partial charge >= 0.3 is 10.4 Å². The van der Waals surface area contributed by atoms with Crippen molar-refractivity contribution in [2.24, 2.45) is 0 Å². The highest BCUT2D eigenvalue weighted by Crippen LogP contribution is 2.28. The Labute approximate surface area is 204 Å². The van der Waals surface area contributed by atoms with Gasteiger partial charge in [-0.1, -0.05) is 39.0 Å². The maximum atomic E-state index is 12.4. The van der Waals surface area contributed by atoms with Gasteiger partial charge in [0.25, 0.3) is 0 Å². The van der Waals surface area contributed by atoms with Gasteiger partial charge in [-0.05, 0) is 6.42 Å². The standard InChI is InChI=1S/C20H38O14S/c1-2-3-4-5-6-7-8-30-19-17(27)15(25)18(12(10-22)32-19)33-35(28,29)34-20-16(26)14(24)13(23)11(9-21)31-20/h11-27H,2-10H2,1H3/t11-,12-,13+,14+,15-,16-,17-,18-,19+,20+/m1/s1. The van der Waals surface area contributed by atoms with Crippen molar-refractivity contribution < 1.29 is 66.7 Å². The minimum absolute atomic E-state index is 0.211. The van der Waals surface area contributed by atoms with Crippen molar-refractivity contribution in [3.8, 4) is 0 Å². The van der Waals surface area contributed by atoms with E-state index in [-0.39, 0.29) is 6.61 Å². The summed E-state index contributed by atoms with van der Waals surface area (Å²) in [4.78, 5) is 0. The molecule has 2 aliphatic heterocycles. The Bertz CT molecular complexity index is 704. The first kappa shape index (κ1) is 30.7. The minimum atomic E-state index is -5.10. The molecule has 15 heteroatoms. The molecule has 2 heterocycles. The first-order valence-corrected chi connectivity index (χ1v) is 13.1. The Morgan fingerprint density at radius 3 is 1.89 bits per heavy atom. The van der Waals surface area contributed by atoms with E-state index in [0.29, 0.717) is 6.42 Å². The molecule has 2 rings (SSSR count). The molecule has 0 aromatic carbocycles. The second kappa shape index (κ2) is 14.4. The zero-order valence-electron chi connectivity index (χ0n) is 19.5. The molecule has 0 radical (unpaired) electrons. The van der Waals surface area contributed by atoms with Crippen LogP contribution < -0.4 is 0 Å². The third-order valence-corrected chi connectivity index (χ3v) is 6.77. The van der Waals surface area contributed by atoms with E-state index in [1.165, 1.54) is 0 Å². The van der Waals surface area contributed by atoms with Crippen molar-refractivity contribution in [2.45, 2.75) is 107 Å². The molecule has 7 N–H and O–H groups in total. The molecule has 0 aromatic heterocycles. The van der Waals surface area contributed by atoms with Gasteiger partial charge in [-0.25, -0.2) is 8.37 Å². The van der Waals surface area contributed by atoms with Crippen LogP contribution in [0.5, 0.6) is 0 Å². The Hall–Kier alpha value is -0.530. The average molecular weight is 535 g/mol. The molecule has 14 nitrogen and oxygen atoms in total. The fraction of sp³-hybridized carbons (Fsp3) is 1.00. The van der Waals surface area contributed by atoms with Gasteiger partial charge < -0.3 is 50.0 Å². The lowest BCUT2D eigenvalue weighted by Crippen LogP contribution is -2.61. The number of hydrogen-bond acceptors (Lipinski definition) is 14. The molecule has 2 fully saturated rings. The molecular weight excluding hydrogens is 496 g/mol. The number of aliphatic hydroxyl groups is 7.